The van der Waals surface area contributed by atoms with Crippen molar-refractivity contribution >= 4 is 5.91 Å². The van der Waals surface area contributed by atoms with Crippen LogP contribution in [-0.4, -0.2) is 63.8 Å². The molecule has 2 N–H and O–H groups in total. The van der Waals surface area contributed by atoms with Crippen molar-refractivity contribution < 1.29 is 19.0 Å². The van der Waals surface area contributed by atoms with Crippen LogP contribution in [-0.2, 0) is 6.61 Å². The van der Waals surface area contributed by atoms with Gasteiger partial charge in [-0.2, -0.15) is 0 Å². The molecule has 0 unspecified atom stereocenters. The lowest BCUT2D eigenvalue weighted by Gasteiger charge is -2.35. The molecule has 1 aliphatic heterocycles. The first-order valence-electron chi connectivity index (χ1n) is 15.9. The zero-order valence-corrected chi connectivity index (χ0v) is 26.4. The van der Waals surface area contributed by atoms with Crippen molar-refractivity contribution in [3.05, 3.63) is 125 Å². The molecule has 7 heteroatoms. The summed E-state index contributed by atoms with van der Waals surface area (Å²) in [6.45, 7) is 5.01. The van der Waals surface area contributed by atoms with E-state index < -0.39 is 0 Å². The topological polar surface area (TPSA) is 72.1 Å². The number of hydrogen-bond donors (Lipinski definition) is 2. The molecule has 5 rings (SSSR count). The SMILES string of the molecule is COc1cc(C(=O)NCCCNC2CCN(CC(c3ccccc3)c3ccccc3)CC2)cc(OC)c1OCc1ccccc1. The highest BCUT2D eigenvalue weighted by Gasteiger charge is 2.23. The Kier molecular flexibility index (Phi) is 11.9. The van der Waals surface area contributed by atoms with Crippen LogP contribution in [0.15, 0.2) is 103 Å². The van der Waals surface area contributed by atoms with Gasteiger partial charge in [-0.05, 0) is 67.7 Å². The van der Waals surface area contributed by atoms with Crippen molar-refractivity contribution in [2.75, 3.05) is 46.9 Å². The predicted octanol–water partition coefficient (Wildman–Crippen LogP) is 6.29. The molecule has 0 radical (unpaired) electrons. The minimum absolute atomic E-state index is 0.166. The summed E-state index contributed by atoms with van der Waals surface area (Å²) in [6.07, 6.45) is 3.10. The molecule has 45 heavy (non-hydrogen) atoms. The quantitative estimate of drug-likeness (QED) is 0.155. The molecule has 1 amide bonds. The van der Waals surface area contributed by atoms with Crippen molar-refractivity contribution in [1.29, 1.82) is 0 Å². The van der Waals surface area contributed by atoms with Gasteiger partial charge >= 0.3 is 0 Å². The molecule has 1 heterocycles. The number of benzene rings is 4. The highest BCUT2D eigenvalue weighted by atomic mass is 16.5. The fraction of sp³-hybridized carbons (Fsp3) is 0.342. The minimum Gasteiger partial charge on any atom is -0.493 e. The predicted molar refractivity (Wildman–Crippen MR) is 179 cm³/mol. The van der Waals surface area contributed by atoms with E-state index in [0.717, 1.165) is 51.0 Å². The fourth-order valence-corrected chi connectivity index (χ4v) is 5.93. The molecule has 0 saturated carbocycles. The second kappa shape index (κ2) is 16.7. The molecular weight excluding hydrogens is 562 g/mol. The molecular formula is C38H45N3O4. The summed E-state index contributed by atoms with van der Waals surface area (Å²) in [5, 5.41) is 6.75. The van der Waals surface area contributed by atoms with E-state index in [1.807, 2.05) is 30.3 Å². The first-order chi connectivity index (χ1) is 22.1. The van der Waals surface area contributed by atoms with Gasteiger partial charge in [0.15, 0.2) is 11.5 Å². The van der Waals surface area contributed by atoms with Crippen molar-refractivity contribution in [1.82, 2.24) is 15.5 Å². The molecule has 0 bridgehead atoms. The van der Waals surface area contributed by atoms with Gasteiger partial charge < -0.3 is 29.7 Å². The summed E-state index contributed by atoms with van der Waals surface area (Å²) in [5.41, 5.74) is 4.24. The summed E-state index contributed by atoms with van der Waals surface area (Å²) >= 11 is 0. The Hall–Kier alpha value is -4.33. The normalized spacial score (nSPS) is 13.8. The molecule has 7 nitrogen and oxygen atoms in total. The van der Waals surface area contributed by atoms with Crippen LogP contribution in [0.3, 0.4) is 0 Å². The number of hydrogen-bond acceptors (Lipinski definition) is 6. The third-order valence-corrected chi connectivity index (χ3v) is 8.45. The molecule has 4 aromatic rings. The summed E-state index contributed by atoms with van der Waals surface area (Å²) in [5.74, 6) is 1.61. The van der Waals surface area contributed by atoms with Crippen LogP contribution < -0.4 is 24.8 Å². The molecule has 0 spiro atoms. The average Bonchev–Trinajstić information content (AvgIpc) is 3.10. The number of methoxy groups -OCH3 is 2. The molecule has 0 aromatic heterocycles. The molecule has 1 saturated heterocycles. The van der Waals surface area contributed by atoms with Crippen LogP contribution in [0.5, 0.6) is 17.2 Å². The van der Waals surface area contributed by atoms with E-state index in [1.165, 1.54) is 11.1 Å². The van der Waals surface area contributed by atoms with Gasteiger partial charge in [-0.1, -0.05) is 91.0 Å². The first-order valence-corrected chi connectivity index (χ1v) is 15.9. The van der Waals surface area contributed by atoms with Crippen LogP contribution in [0.1, 0.15) is 52.2 Å². The molecule has 4 aromatic carbocycles. The van der Waals surface area contributed by atoms with Crippen LogP contribution in [0, 0.1) is 0 Å². The van der Waals surface area contributed by atoms with E-state index in [4.69, 9.17) is 14.2 Å². The maximum atomic E-state index is 13.0. The number of rotatable bonds is 15. The maximum absolute atomic E-state index is 13.0. The fourth-order valence-electron chi connectivity index (χ4n) is 5.93. The minimum atomic E-state index is -0.166. The Balaban J connectivity index is 1.04. The van der Waals surface area contributed by atoms with Crippen molar-refractivity contribution in [2.24, 2.45) is 0 Å². The van der Waals surface area contributed by atoms with Gasteiger partial charge in [0.2, 0.25) is 5.75 Å². The molecule has 236 valence electrons. The second-order valence-corrected chi connectivity index (χ2v) is 11.5. The van der Waals surface area contributed by atoms with Gasteiger partial charge in [0, 0.05) is 30.6 Å². The van der Waals surface area contributed by atoms with E-state index in [1.54, 1.807) is 26.4 Å². The number of nitrogens with one attached hydrogen (secondary N) is 2. The Morgan fingerprint density at radius 2 is 1.36 bits per heavy atom. The largest absolute Gasteiger partial charge is 0.493 e. The van der Waals surface area contributed by atoms with Crippen molar-refractivity contribution in [3.8, 4) is 17.2 Å². The number of nitrogens with zero attached hydrogens (tertiary/aromatic N) is 1. The summed E-state index contributed by atoms with van der Waals surface area (Å²) in [6, 6.07) is 35.5. The zero-order chi connectivity index (χ0) is 31.3. The van der Waals surface area contributed by atoms with E-state index in [2.05, 4.69) is 76.2 Å². The zero-order valence-electron chi connectivity index (χ0n) is 26.4. The average molecular weight is 608 g/mol. The number of carbonyl (C=O) groups excluding carboxylic acids is 1. The smallest absolute Gasteiger partial charge is 0.251 e. The first kappa shape index (κ1) is 32.1. The second-order valence-electron chi connectivity index (χ2n) is 11.5. The van der Waals surface area contributed by atoms with Gasteiger partial charge in [0.25, 0.3) is 5.91 Å². The van der Waals surface area contributed by atoms with Crippen LogP contribution in [0.2, 0.25) is 0 Å². The van der Waals surface area contributed by atoms with E-state index in [-0.39, 0.29) is 5.91 Å². The number of piperidine rings is 1. The molecule has 0 atom stereocenters. The summed E-state index contributed by atoms with van der Waals surface area (Å²) in [7, 11) is 3.12. The van der Waals surface area contributed by atoms with Gasteiger partial charge in [0.1, 0.15) is 6.61 Å². The van der Waals surface area contributed by atoms with E-state index >= 15 is 0 Å². The summed E-state index contributed by atoms with van der Waals surface area (Å²) < 4.78 is 17.1. The van der Waals surface area contributed by atoms with Crippen LogP contribution >= 0.6 is 0 Å². The van der Waals surface area contributed by atoms with Gasteiger partial charge in [-0.3, -0.25) is 4.79 Å². The van der Waals surface area contributed by atoms with Gasteiger partial charge in [-0.15, -0.1) is 0 Å². The number of carbonyl (C=O) groups is 1. The van der Waals surface area contributed by atoms with Crippen LogP contribution in [0.4, 0.5) is 0 Å². The molecule has 1 fully saturated rings. The van der Waals surface area contributed by atoms with Gasteiger partial charge in [0.05, 0.1) is 14.2 Å². The van der Waals surface area contributed by atoms with Crippen molar-refractivity contribution in [2.45, 2.75) is 37.8 Å². The lowest BCUT2D eigenvalue weighted by atomic mass is 9.90. The monoisotopic (exact) mass is 607 g/mol. The Morgan fingerprint density at radius 3 is 1.91 bits per heavy atom. The van der Waals surface area contributed by atoms with Crippen molar-refractivity contribution in [3.63, 3.8) is 0 Å². The third kappa shape index (κ3) is 9.10. The molecule has 0 aliphatic carbocycles. The number of amides is 1. The van der Waals surface area contributed by atoms with E-state index in [0.29, 0.717) is 47.9 Å². The number of likely N-dealkylation sites (tertiary alicyclic amines) is 1. The van der Waals surface area contributed by atoms with Crippen LogP contribution in [0.25, 0.3) is 0 Å². The third-order valence-electron chi connectivity index (χ3n) is 8.45. The molecule has 1 aliphatic rings. The maximum Gasteiger partial charge on any atom is 0.251 e. The summed E-state index contributed by atoms with van der Waals surface area (Å²) in [4.78, 5) is 15.6. The Bertz CT molecular complexity index is 1390. The van der Waals surface area contributed by atoms with Gasteiger partial charge in [-0.25, -0.2) is 0 Å². The van der Waals surface area contributed by atoms with E-state index in [9.17, 15) is 4.79 Å². The highest BCUT2D eigenvalue weighted by molar-refractivity contribution is 5.95. The standard InChI is InChI=1S/C38H45N3O4/c1-43-35-25-32(26-36(44-2)37(35)45-28-29-13-6-3-7-14-29)38(42)40-22-12-21-39-33-19-23-41(24-20-33)27-34(30-15-8-4-9-16-30)31-17-10-5-11-18-31/h3-11,13-18,25-26,33-34,39H,12,19-24,27-28H2,1-2H3,(H,40,42). The Morgan fingerprint density at radius 1 is 0.800 bits per heavy atom. The number of ether oxygens (including phenoxy) is 3. The lowest BCUT2D eigenvalue weighted by Crippen LogP contribution is -2.44. The lowest BCUT2D eigenvalue weighted by molar-refractivity contribution is 0.0952. The highest BCUT2D eigenvalue weighted by Crippen LogP contribution is 2.39. The Labute approximate surface area is 267 Å².